The second kappa shape index (κ2) is 7.87. The Labute approximate surface area is 137 Å². The summed E-state index contributed by atoms with van der Waals surface area (Å²) in [6.45, 7) is 8.15. The van der Waals surface area contributed by atoms with Gasteiger partial charge in [0.25, 0.3) is 5.91 Å². The van der Waals surface area contributed by atoms with Gasteiger partial charge >= 0.3 is 0 Å². The molecule has 2 unspecified atom stereocenters. The fraction of sp³-hybridized carbons (Fsp3) is 0.533. The van der Waals surface area contributed by atoms with Crippen LogP contribution < -0.4 is 10.1 Å². The highest BCUT2D eigenvalue weighted by Gasteiger charge is 2.27. The largest absolute Gasteiger partial charge is 0.481 e. The summed E-state index contributed by atoms with van der Waals surface area (Å²) in [5.41, 5.74) is 0.944. The molecule has 0 aliphatic carbocycles. The fourth-order valence-electron chi connectivity index (χ4n) is 2.35. The van der Waals surface area contributed by atoms with Crippen LogP contribution in [0.1, 0.15) is 19.4 Å². The topological polar surface area (TPSA) is 41.6 Å². The molecule has 1 amide bonds. The molecule has 6 heteroatoms. The highest BCUT2D eigenvalue weighted by atomic mass is 35.5. The molecule has 1 aromatic rings. The van der Waals surface area contributed by atoms with E-state index in [-0.39, 0.29) is 24.4 Å². The van der Waals surface area contributed by atoms with Crippen molar-refractivity contribution in [3.63, 3.8) is 0 Å². The molecule has 0 radical (unpaired) electrons. The van der Waals surface area contributed by atoms with Gasteiger partial charge in [-0.2, -0.15) is 0 Å². The lowest BCUT2D eigenvalue weighted by Crippen LogP contribution is -2.55. The highest BCUT2D eigenvalue weighted by Crippen LogP contribution is 2.22. The van der Waals surface area contributed by atoms with Gasteiger partial charge in [0.2, 0.25) is 0 Å². The van der Waals surface area contributed by atoms with Gasteiger partial charge in [-0.15, -0.1) is 12.4 Å². The number of carbonyl (C=O) groups excluding carboxylic acids is 1. The van der Waals surface area contributed by atoms with Crippen molar-refractivity contribution in [1.29, 1.82) is 0 Å². The number of halogens is 2. The van der Waals surface area contributed by atoms with E-state index in [0.29, 0.717) is 10.8 Å². The average molecular weight is 333 g/mol. The number of carbonyl (C=O) groups is 1. The van der Waals surface area contributed by atoms with E-state index in [1.807, 2.05) is 24.8 Å². The number of hydrogen-bond donors (Lipinski definition) is 1. The molecule has 2 atom stereocenters. The number of rotatable bonds is 3. The molecule has 0 bridgehead atoms. The third-order valence-corrected chi connectivity index (χ3v) is 4.00. The van der Waals surface area contributed by atoms with Gasteiger partial charge in [-0.05, 0) is 44.5 Å². The van der Waals surface area contributed by atoms with Crippen molar-refractivity contribution in [2.45, 2.75) is 32.9 Å². The summed E-state index contributed by atoms with van der Waals surface area (Å²) >= 11 is 5.98. The predicted molar refractivity (Wildman–Crippen MR) is 87.6 cm³/mol. The maximum Gasteiger partial charge on any atom is 0.263 e. The maximum absolute atomic E-state index is 12.4. The zero-order valence-electron chi connectivity index (χ0n) is 12.6. The summed E-state index contributed by atoms with van der Waals surface area (Å²) in [5.74, 6) is 0.710. The lowest BCUT2D eigenvalue weighted by atomic mass is 10.2. The predicted octanol–water partition coefficient (Wildman–Crippen LogP) is 2.66. The third-order valence-electron chi connectivity index (χ3n) is 3.57. The van der Waals surface area contributed by atoms with Crippen molar-refractivity contribution in [1.82, 2.24) is 10.2 Å². The van der Waals surface area contributed by atoms with Crippen molar-refractivity contribution in [2.24, 2.45) is 0 Å². The van der Waals surface area contributed by atoms with Crippen LogP contribution >= 0.6 is 24.0 Å². The van der Waals surface area contributed by atoms with Gasteiger partial charge in [-0.3, -0.25) is 4.79 Å². The Morgan fingerprint density at radius 1 is 1.52 bits per heavy atom. The molecule has 0 aromatic heterocycles. The van der Waals surface area contributed by atoms with Crippen LogP contribution in [-0.4, -0.2) is 42.6 Å². The minimum atomic E-state index is -0.490. The first kappa shape index (κ1) is 18.1. The molecule has 2 rings (SSSR count). The van der Waals surface area contributed by atoms with E-state index in [2.05, 4.69) is 5.32 Å². The molecule has 1 aromatic carbocycles. The number of hydrogen-bond acceptors (Lipinski definition) is 3. The Bertz CT molecular complexity index is 497. The lowest BCUT2D eigenvalue weighted by molar-refractivity contribution is -0.140. The van der Waals surface area contributed by atoms with Gasteiger partial charge in [0.1, 0.15) is 5.75 Å². The van der Waals surface area contributed by atoms with Crippen molar-refractivity contribution < 1.29 is 9.53 Å². The van der Waals surface area contributed by atoms with Gasteiger partial charge < -0.3 is 15.0 Å². The van der Waals surface area contributed by atoms with Crippen LogP contribution in [-0.2, 0) is 4.79 Å². The Morgan fingerprint density at radius 3 is 2.86 bits per heavy atom. The van der Waals surface area contributed by atoms with E-state index < -0.39 is 6.10 Å². The molecule has 1 aliphatic heterocycles. The van der Waals surface area contributed by atoms with Crippen molar-refractivity contribution in [3.05, 3.63) is 28.8 Å². The number of piperazine rings is 1. The molecule has 0 spiro atoms. The molecule has 1 aliphatic rings. The van der Waals surface area contributed by atoms with Crippen LogP contribution in [0.3, 0.4) is 0 Å². The lowest BCUT2D eigenvalue weighted by Gasteiger charge is -2.35. The number of amides is 1. The molecule has 1 saturated heterocycles. The first-order valence-electron chi connectivity index (χ1n) is 6.93. The minimum Gasteiger partial charge on any atom is -0.481 e. The van der Waals surface area contributed by atoms with E-state index >= 15 is 0 Å². The number of nitrogens with zero attached hydrogens (tertiary/aromatic N) is 1. The van der Waals surface area contributed by atoms with Gasteiger partial charge in [-0.1, -0.05) is 11.6 Å². The van der Waals surface area contributed by atoms with E-state index in [1.54, 1.807) is 19.1 Å². The normalized spacial score (nSPS) is 19.6. The Balaban J connectivity index is 0.00000220. The second-order valence-electron chi connectivity index (χ2n) is 5.26. The van der Waals surface area contributed by atoms with Crippen LogP contribution in [0.25, 0.3) is 0 Å². The first-order valence-corrected chi connectivity index (χ1v) is 7.31. The SMILES string of the molecule is Cc1cc(OC(C)C(=O)N2CCNCC2C)ccc1Cl.Cl. The Kier molecular flexibility index (Phi) is 6.78. The maximum atomic E-state index is 12.4. The standard InChI is InChI=1S/C15H21ClN2O2.ClH/c1-10-8-13(4-5-14(10)16)20-12(3)15(19)18-7-6-17-9-11(18)2;/h4-5,8,11-12,17H,6-7,9H2,1-3H3;1H. The highest BCUT2D eigenvalue weighted by molar-refractivity contribution is 6.31. The van der Waals surface area contributed by atoms with Gasteiger partial charge in [-0.25, -0.2) is 0 Å². The number of nitrogens with one attached hydrogen (secondary N) is 1. The van der Waals surface area contributed by atoms with Crippen LogP contribution in [0, 0.1) is 6.92 Å². The van der Waals surface area contributed by atoms with Crippen LogP contribution in [0.4, 0.5) is 0 Å². The number of benzene rings is 1. The average Bonchev–Trinajstić information content (AvgIpc) is 2.42. The molecule has 0 saturated carbocycles. The molecule has 4 nitrogen and oxygen atoms in total. The molecular formula is C15H22Cl2N2O2. The first-order chi connectivity index (χ1) is 9.49. The summed E-state index contributed by atoms with van der Waals surface area (Å²) in [6, 6.07) is 5.64. The second-order valence-corrected chi connectivity index (χ2v) is 5.66. The van der Waals surface area contributed by atoms with Crippen molar-refractivity contribution in [3.8, 4) is 5.75 Å². The van der Waals surface area contributed by atoms with Gasteiger partial charge in [0.05, 0.1) is 0 Å². The van der Waals surface area contributed by atoms with E-state index in [0.717, 1.165) is 25.2 Å². The Morgan fingerprint density at radius 2 is 2.24 bits per heavy atom. The molecular weight excluding hydrogens is 311 g/mol. The minimum absolute atomic E-state index is 0. The summed E-state index contributed by atoms with van der Waals surface area (Å²) in [5, 5.41) is 3.97. The van der Waals surface area contributed by atoms with E-state index in [4.69, 9.17) is 16.3 Å². The van der Waals surface area contributed by atoms with Crippen LogP contribution in [0.5, 0.6) is 5.75 Å². The molecule has 1 heterocycles. The number of ether oxygens (including phenoxy) is 1. The molecule has 1 N–H and O–H groups in total. The monoisotopic (exact) mass is 332 g/mol. The molecule has 118 valence electrons. The number of aryl methyl sites for hydroxylation is 1. The van der Waals surface area contributed by atoms with E-state index in [9.17, 15) is 4.79 Å². The van der Waals surface area contributed by atoms with Gasteiger partial charge in [0, 0.05) is 30.7 Å². The third kappa shape index (κ3) is 4.50. The summed E-state index contributed by atoms with van der Waals surface area (Å²) < 4.78 is 5.74. The summed E-state index contributed by atoms with van der Waals surface area (Å²) in [4.78, 5) is 14.3. The zero-order valence-corrected chi connectivity index (χ0v) is 14.1. The Hall–Kier alpha value is -0.970. The van der Waals surface area contributed by atoms with Gasteiger partial charge in [0.15, 0.2) is 6.10 Å². The summed E-state index contributed by atoms with van der Waals surface area (Å²) in [7, 11) is 0. The van der Waals surface area contributed by atoms with Crippen molar-refractivity contribution in [2.75, 3.05) is 19.6 Å². The smallest absolute Gasteiger partial charge is 0.263 e. The fourth-order valence-corrected chi connectivity index (χ4v) is 2.46. The van der Waals surface area contributed by atoms with Crippen LogP contribution in [0.2, 0.25) is 5.02 Å². The zero-order chi connectivity index (χ0) is 14.7. The summed E-state index contributed by atoms with van der Waals surface area (Å²) in [6.07, 6.45) is -0.490. The quantitative estimate of drug-likeness (QED) is 0.925. The molecule has 21 heavy (non-hydrogen) atoms. The van der Waals surface area contributed by atoms with Crippen molar-refractivity contribution >= 4 is 29.9 Å². The van der Waals surface area contributed by atoms with Crippen LogP contribution in [0.15, 0.2) is 18.2 Å². The van der Waals surface area contributed by atoms with E-state index in [1.165, 1.54) is 0 Å². The molecule has 1 fully saturated rings.